The topological polar surface area (TPSA) is 261 Å². The third-order valence-corrected chi connectivity index (χ3v) is 5.62. The van der Waals surface area contributed by atoms with Crippen LogP contribution in [0.4, 0.5) is 0 Å². The number of aromatic hydroxyl groups is 1. The van der Waals surface area contributed by atoms with Crippen LogP contribution < -0.4 is 38.9 Å². The molecule has 0 aliphatic carbocycles. The van der Waals surface area contributed by atoms with Crippen LogP contribution in [0.3, 0.4) is 0 Å². The van der Waals surface area contributed by atoms with Crippen LogP contribution in [-0.4, -0.2) is 77.1 Å². The van der Waals surface area contributed by atoms with E-state index in [1.165, 1.54) is 19.1 Å². The molecule has 14 nitrogen and oxygen atoms in total. The Labute approximate surface area is 221 Å². The van der Waals surface area contributed by atoms with Crippen molar-refractivity contribution in [3.8, 4) is 5.75 Å². The first kappa shape index (κ1) is 32.1. The summed E-state index contributed by atoms with van der Waals surface area (Å²) in [6.07, 6.45) is 2.12. The molecule has 0 radical (unpaired) electrons. The number of aliphatic carboxylic acids is 1. The normalized spacial score (nSPS) is 13.9. The van der Waals surface area contributed by atoms with Crippen molar-refractivity contribution in [3.63, 3.8) is 0 Å². The highest BCUT2D eigenvalue weighted by atomic mass is 16.4. The van der Waals surface area contributed by atoms with E-state index in [0.29, 0.717) is 37.9 Å². The van der Waals surface area contributed by atoms with Crippen molar-refractivity contribution < 1.29 is 29.4 Å². The fourth-order valence-electron chi connectivity index (χ4n) is 3.42. The van der Waals surface area contributed by atoms with Gasteiger partial charge in [-0.15, -0.1) is 0 Å². The smallest absolute Gasteiger partial charge is 0.325 e. The summed E-state index contributed by atoms with van der Waals surface area (Å²) in [5.41, 5.74) is 22.7. The predicted molar refractivity (Wildman–Crippen MR) is 142 cm³/mol. The average molecular weight is 537 g/mol. The molecule has 13 N–H and O–H groups in total. The number of carboxylic acids is 1. The molecule has 1 rings (SSSR count). The Morgan fingerprint density at radius 3 is 2.08 bits per heavy atom. The SMILES string of the molecule is CC(NC(=O)C(Cc1ccc(O)cc1)NC(=O)C(CCCCN)NC(=O)C(N)CCCN=C(N)N)C(=O)O. The predicted octanol–water partition coefficient (Wildman–Crippen LogP) is -2.00. The van der Waals surface area contributed by atoms with Gasteiger partial charge in [-0.2, -0.15) is 0 Å². The number of hydrogen-bond acceptors (Lipinski definition) is 8. The van der Waals surface area contributed by atoms with E-state index in [1.54, 1.807) is 12.1 Å². The van der Waals surface area contributed by atoms with E-state index in [2.05, 4.69) is 20.9 Å². The van der Waals surface area contributed by atoms with Crippen molar-refractivity contribution >= 4 is 29.7 Å². The number of nitrogens with one attached hydrogen (secondary N) is 3. The second kappa shape index (κ2) is 16.8. The van der Waals surface area contributed by atoms with Crippen LogP contribution in [0.5, 0.6) is 5.75 Å². The molecule has 4 atom stereocenters. The van der Waals surface area contributed by atoms with E-state index in [1.807, 2.05) is 0 Å². The molecule has 0 aliphatic rings. The van der Waals surface area contributed by atoms with Crippen LogP contribution in [0.15, 0.2) is 29.3 Å². The number of amides is 3. The minimum Gasteiger partial charge on any atom is -0.508 e. The molecule has 4 unspecified atom stereocenters. The standard InChI is InChI=1S/C24H40N8O6/c1-14(23(37)38)30-22(36)19(13-15-7-9-16(33)10-8-15)32-21(35)18(6-2-3-11-25)31-20(34)17(26)5-4-12-29-24(27)28/h7-10,14,17-19,33H,2-6,11-13,25-26H2,1H3,(H,30,36)(H,31,34)(H,32,35)(H,37,38)(H4,27,28,29). The molecule has 0 spiro atoms. The maximum absolute atomic E-state index is 13.2. The van der Waals surface area contributed by atoms with Crippen LogP contribution in [0.25, 0.3) is 0 Å². The number of guanidine groups is 1. The maximum Gasteiger partial charge on any atom is 0.325 e. The zero-order chi connectivity index (χ0) is 28.7. The van der Waals surface area contributed by atoms with Crippen LogP contribution in [0.2, 0.25) is 0 Å². The fraction of sp³-hybridized carbons (Fsp3) is 0.542. The van der Waals surface area contributed by atoms with Crippen LogP contribution >= 0.6 is 0 Å². The van der Waals surface area contributed by atoms with Crippen LogP contribution in [0.1, 0.15) is 44.6 Å². The van der Waals surface area contributed by atoms with E-state index in [9.17, 15) is 24.3 Å². The van der Waals surface area contributed by atoms with Crippen molar-refractivity contribution in [1.29, 1.82) is 0 Å². The van der Waals surface area contributed by atoms with Gasteiger partial charge in [-0.05, 0) is 63.3 Å². The number of carboxylic acid groups (broad SMARTS) is 1. The monoisotopic (exact) mass is 536 g/mol. The molecule has 0 fully saturated rings. The molecule has 0 aliphatic heterocycles. The number of hydrogen-bond donors (Lipinski definition) is 9. The number of phenols is 1. The Hall–Kier alpha value is -3.91. The summed E-state index contributed by atoms with van der Waals surface area (Å²) >= 11 is 0. The summed E-state index contributed by atoms with van der Waals surface area (Å²) in [5.74, 6) is -3.19. The van der Waals surface area contributed by atoms with E-state index in [0.717, 1.165) is 0 Å². The summed E-state index contributed by atoms with van der Waals surface area (Å²) in [6.45, 7) is 1.99. The second-order valence-electron chi connectivity index (χ2n) is 8.90. The first-order valence-electron chi connectivity index (χ1n) is 12.4. The Bertz CT molecular complexity index is 952. The van der Waals surface area contributed by atoms with Gasteiger partial charge in [-0.1, -0.05) is 12.1 Å². The van der Waals surface area contributed by atoms with Gasteiger partial charge in [0.15, 0.2) is 5.96 Å². The molecule has 3 amide bonds. The number of carbonyl (C=O) groups excluding carboxylic acids is 3. The lowest BCUT2D eigenvalue weighted by molar-refractivity contribution is -0.141. The molecule has 212 valence electrons. The van der Waals surface area contributed by atoms with Crippen molar-refractivity contribution in [1.82, 2.24) is 16.0 Å². The zero-order valence-electron chi connectivity index (χ0n) is 21.6. The highest BCUT2D eigenvalue weighted by Crippen LogP contribution is 2.12. The molecule has 1 aromatic carbocycles. The summed E-state index contributed by atoms with van der Waals surface area (Å²) in [5, 5.41) is 26.3. The van der Waals surface area contributed by atoms with Gasteiger partial charge in [0, 0.05) is 13.0 Å². The molecule has 38 heavy (non-hydrogen) atoms. The summed E-state index contributed by atoms with van der Waals surface area (Å²) < 4.78 is 0. The highest BCUT2D eigenvalue weighted by molar-refractivity contribution is 5.94. The van der Waals surface area contributed by atoms with E-state index in [-0.39, 0.29) is 31.0 Å². The number of aliphatic imine (C=N–C) groups is 1. The minimum atomic E-state index is -1.24. The number of unbranched alkanes of at least 4 members (excludes halogenated alkanes) is 1. The average Bonchev–Trinajstić information content (AvgIpc) is 2.86. The van der Waals surface area contributed by atoms with Gasteiger partial charge in [0.25, 0.3) is 0 Å². The number of carbonyl (C=O) groups is 4. The van der Waals surface area contributed by atoms with Gasteiger partial charge in [-0.25, -0.2) is 0 Å². The lowest BCUT2D eigenvalue weighted by Gasteiger charge is -2.25. The molecule has 0 heterocycles. The van der Waals surface area contributed by atoms with Crippen LogP contribution in [0, 0.1) is 0 Å². The summed E-state index contributed by atoms with van der Waals surface area (Å²) in [6, 6.07) is 1.72. The van der Waals surface area contributed by atoms with Gasteiger partial charge in [0.05, 0.1) is 6.04 Å². The number of rotatable bonds is 17. The van der Waals surface area contributed by atoms with Gasteiger partial charge in [0.2, 0.25) is 17.7 Å². The Kier molecular flexibility index (Phi) is 14.2. The van der Waals surface area contributed by atoms with Crippen LogP contribution in [-0.2, 0) is 25.6 Å². The largest absolute Gasteiger partial charge is 0.508 e. The maximum atomic E-state index is 13.2. The molecule has 0 saturated heterocycles. The lowest BCUT2D eigenvalue weighted by Crippen LogP contribution is -2.57. The van der Waals surface area contributed by atoms with E-state index < -0.39 is 47.9 Å². The number of phenolic OH excluding ortho intramolecular Hbond substituents is 1. The van der Waals surface area contributed by atoms with Gasteiger partial charge in [-0.3, -0.25) is 24.2 Å². The molecular formula is C24H40N8O6. The Morgan fingerprint density at radius 2 is 1.50 bits per heavy atom. The third-order valence-electron chi connectivity index (χ3n) is 5.62. The third kappa shape index (κ3) is 12.4. The first-order valence-corrected chi connectivity index (χ1v) is 12.4. The molecule has 1 aromatic rings. The molecule has 0 saturated carbocycles. The summed E-state index contributed by atoms with van der Waals surface area (Å²) in [7, 11) is 0. The molecule has 14 heteroatoms. The molecular weight excluding hydrogens is 496 g/mol. The summed E-state index contributed by atoms with van der Waals surface area (Å²) in [4.78, 5) is 53.9. The Morgan fingerprint density at radius 1 is 0.895 bits per heavy atom. The van der Waals surface area contributed by atoms with E-state index >= 15 is 0 Å². The number of benzene rings is 1. The molecule has 0 bridgehead atoms. The minimum absolute atomic E-state index is 0.0119. The second-order valence-corrected chi connectivity index (χ2v) is 8.90. The van der Waals surface area contributed by atoms with Crippen molar-refractivity contribution in [3.05, 3.63) is 29.8 Å². The number of nitrogens with zero attached hydrogens (tertiary/aromatic N) is 1. The van der Waals surface area contributed by atoms with Crippen molar-refractivity contribution in [2.75, 3.05) is 13.1 Å². The Balaban J connectivity index is 3.00. The van der Waals surface area contributed by atoms with Gasteiger partial charge >= 0.3 is 5.97 Å². The quantitative estimate of drug-likeness (QED) is 0.0600. The first-order chi connectivity index (χ1) is 17.9. The van der Waals surface area contributed by atoms with E-state index in [4.69, 9.17) is 28.0 Å². The van der Waals surface area contributed by atoms with Gasteiger partial charge < -0.3 is 49.1 Å². The fourth-order valence-corrected chi connectivity index (χ4v) is 3.42. The highest BCUT2D eigenvalue weighted by Gasteiger charge is 2.29. The van der Waals surface area contributed by atoms with Gasteiger partial charge in [0.1, 0.15) is 23.9 Å². The lowest BCUT2D eigenvalue weighted by atomic mass is 10.0. The number of nitrogens with two attached hydrogens (primary N) is 4. The van der Waals surface area contributed by atoms with Crippen molar-refractivity contribution in [2.24, 2.45) is 27.9 Å². The van der Waals surface area contributed by atoms with Crippen molar-refractivity contribution in [2.45, 2.75) is 69.6 Å². The zero-order valence-corrected chi connectivity index (χ0v) is 21.6. The molecule has 0 aromatic heterocycles.